The van der Waals surface area contributed by atoms with Gasteiger partial charge >= 0.3 is 0 Å². The number of nitrogens with one attached hydrogen (secondary N) is 1. The molecule has 26 heavy (non-hydrogen) atoms. The topological polar surface area (TPSA) is 94.1 Å². The summed E-state index contributed by atoms with van der Waals surface area (Å²) in [4.78, 5) is 20.9. The first-order valence-corrected chi connectivity index (χ1v) is 7.95. The number of carbonyl (C=O) groups is 1. The predicted molar refractivity (Wildman–Crippen MR) is 92.8 cm³/mol. The highest BCUT2D eigenvalue weighted by atomic mass is 16.5. The van der Waals surface area contributed by atoms with Crippen LogP contribution < -0.4 is 5.32 Å². The second-order valence-electron chi connectivity index (χ2n) is 5.45. The Morgan fingerprint density at radius 1 is 1.00 bits per heavy atom. The van der Waals surface area contributed by atoms with Crippen molar-refractivity contribution < 1.29 is 13.7 Å². The Kier molecular flexibility index (Phi) is 4.26. The maximum absolute atomic E-state index is 12.4. The molecule has 7 nitrogen and oxygen atoms in total. The Hall–Kier alpha value is -3.74. The standard InChI is InChI=1S/C19H14N4O3/c24-19(14-11-17(26-23-14)13-5-2-1-3-6-13)22-12-15-18(21-9-8-20-15)16-7-4-10-25-16/h1-11H,12H2,(H,22,24). The van der Waals surface area contributed by atoms with Gasteiger partial charge in [0, 0.05) is 24.0 Å². The van der Waals surface area contributed by atoms with E-state index in [9.17, 15) is 4.79 Å². The summed E-state index contributed by atoms with van der Waals surface area (Å²) in [6.45, 7) is 0.191. The van der Waals surface area contributed by atoms with Gasteiger partial charge in [-0.15, -0.1) is 0 Å². The maximum Gasteiger partial charge on any atom is 0.273 e. The van der Waals surface area contributed by atoms with Gasteiger partial charge in [-0.25, -0.2) is 4.98 Å². The minimum atomic E-state index is -0.355. The number of hydrogen-bond acceptors (Lipinski definition) is 6. The van der Waals surface area contributed by atoms with Crippen molar-refractivity contribution in [2.75, 3.05) is 0 Å². The van der Waals surface area contributed by atoms with Crippen LogP contribution in [0.25, 0.3) is 22.8 Å². The van der Waals surface area contributed by atoms with E-state index in [1.54, 1.807) is 36.9 Å². The highest BCUT2D eigenvalue weighted by molar-refractivity contribution is 5.93. The van der Waals surface area contributed by atoms with Gasteiger partial charge in [0.1, 0.15) is 5.69 Å². The molecule has 0 atom stereocenters. The van der Waals surface area contributed by atoms with E-state index in [1.807, 2.05) is 30.3 Å². The first-order chi connectivity index (χ1) is 12.8. The number of benzene rings is 1. The summed E-state index contributed by atoms with van der Waals surface area (Å²) in [5.41, 5.74) is 2.24. The zero-order valence-electron chi connectivity index (χ0n) is 13.6. The number of hydrogen-bond donors (Lipinski definition) is 1. The second kappa shape index (κ2) is 7.02. The van der Waals surface area contributed by atoms with Crippen LogP contribution in [0.3, 0.4) is 0 Å². The molecule has 0 saturated heterocycles. The average molecular weight is 346 g/mol. The summed E-state index contributed by atoms with van der Waals surface area (Å²) in [6.07, 6.45) is 4.71. The summed E-state index contributed by atoms with van der Waals surface area (Å²) in [5.74, 6) is 0.772. The molecule has 128 valence electrons. The molecule has 7 heteroatoms. The smallest absolute Gasteiger partial charge is 0.273 e. The van der Waals surface area contributed by atoms with Crippen molar-refractivity contribution in [1.82, 2.24) is 20.4 Å². The fraction of sp³-hybridized carbons (Fsp3) is 0.0526. The molecule has 3 aromatic heterocycles. The van der Waals surface area contributed by atoms with Crippen LogP contribution in [0.15, 0.2) is 76.1 Å². The van der Waals surface area contributed by atoms with E-state index in [4.69, 9.17) is 8.94 Å². The molecule has 0 unspecified atom stereocenters. The van der Waals surface area contributed by atoms with Crippen LogP contribution in [0.2, 0.25) is 0 Å². The summed E-state index contributed by atoms with van der Waals surface area (Å²) >= 11 is 0. The van der Waals surface area contributed by atoms with E-state index in [1.165, 1.54) is 0 Å². The van der Waals surface area contributed by atoms with Crippen molar-refractivity contribution in [3.8, 4) is 22.8 Å². The number of aromatic nitrogens is 3. The molecular formula is C19H14N4O3. The zero-order valence-corrected chi connectivity index (χ0v) is 13.6. The molecule has 0 aliphatic heterocycles. The summed E-state index contributed by atoms with van der Waals surface area (Å²) in [6, 6.07) is 14.6. The lowest BCUT2D eigenvalue weighted by Gasteiger charge is -2.06. The lowest BCUT2D eigenvalue weighted by molar-refractivity contribution is 0.0941. The molecule has 0 fully saturated rings. The van der Waals surface area contributed by atoms with Crippen LogP contribution in [0.5, 0.6) is 0 Å². The van der Waals surface area contributed by atoms with E-state index >= 15 is 0 Å². The fourth-order valence-corrected chi connectivity index (χ4v) is 2.49. The molecule has 0 spiro atoms. The van der Waals surface area contributed by atoms with Gasteiger partial charge in [0.2, 0.25) is 0 Å². The van der Waals surface area contributed by atoms with E-state index in [0.29, 0.717) is 22.9 Å². The molecule has 0 radical (unpaired) electrons. The lowest BCUT2D eigenvalue weighted by Crippen LogP contribution is -2.24. The predicted octanol–water partition coefficient (Wildman–Crippen LogP) is 3.32. The van der Waals surface area contributed by atoms with Crippen molar-refractivity contribution in [2.24, 2.45) is 0 Å². The van der Waals surface area contributed by atoms with E-state index in [-0.39, 0.29) is 18.1 Å². The van der Waals surface area contributed by atoms with Gasteiger partial charge in [-0.05, 0) is 12.1 Å². The van der Waals surface area contributed by atoms with Crippen LogP contribution in [-0.2, 0) is 6.54 Å². The highest BCUT2D eigenvalue weighted by Crippen LogP contribution is 2.21. The summed E-state index contributed by atoms with van der Waals surface area (Å²) in [5, 5.41) is 6.61. The minimum absolute atomic E-state index is 0.191. The molecule has 1 N–H and O–H groups in total. The van der Waals surface area contributed by atoms with Crippen LogP contribution in [-0.4, -0.2) is 21.0 Å². The lowest BCUT2D eigenvalue weighted by atomic mass is 10.1. The van der Waals surface area contributed by atoms with E-state index in [2.05, 4.69) is 20.4 Å². The highest BCUT2D eigenvalue weighted by Gasteiger charge is 2.16. The summed E-state index contributed by atoms with van der Waals surface area (Å²) in [7, 11) is 0. The van der Waals surface area contributed by atoms with Crippen LogP contribution in [0, 0.1) is 0 Å². The molecule has 4 aromatic rings. The number of nitrogens with zero attached hydrogens (tertiary/aromatic N) is 3. The maximum atomic E-state index is 12.4. The normalized spacial score (nSPS) is 10.6. The second-order valence-corrected chi connectivity index (χ2v) is 5.45. The van der Waals surface area contributed by atoms with Gasteiger partial charge in [-0.2, -0.15) is 0 Å². The quantitative estimate of drug-likeness (QED) is 0.596. The first-order valence-electron chi connectivity index (χ1n) is 7.95. The molecule has 1 aromatic carbocycles. The first kappa shape index (κ1) is 15.8. The largest absolute Gasteiger partial charge is 0.463 e. The van der Waals surface area contributed by atoms with Crippen molar-refractivity contribution in [3.05, 3.63) is 78.6 Å². The molecule has 3 heterocycles. The van der Waals surface area contributed by atoms with Crippen molar-refractivity contribution in [3.63, 3.8) is 0 Å². The van der Waals surface area contributed by atoms with Crippen molar-refractivity contribution in [1.29, 1.82) is 0 Å². The minimum Gasteiger partial charge on any atom is -0.463 e. The van der Waals surface area contributed by atoms with Gasteiger partial charge in [0.05, 0.1) is 18.5 Å². The number of carbonyl (C=O) groups excluding carboxylic acids is 1. The monoisotopic (exact) mass is 346 g/mol. The van der Waals surface area contributed by atoms with Gasteiger partial charge < -0.3 is 14.3 Å². The third kappa shape index (κ3) is 3.23. The number of furan rings is 1. The molecule has 0 aliphatic rings. The Balaban J connectivity index is 1.48. The van der Waals surface area contributed by atoms with Gasteiger partial charge in [-0.1, -0.05) is 35.5 Å². The Bertz CT molecular complexity index is 1010. The van der Waals surface area contributed by atoms with Crippen molar-refractivity contribution in [2.45, 2.75) is 6.54 Å². The van der Waals surface area contributed by atoms with Gasteiger partial charge in [0.25, 0.3) is 5.91 Å². The molecule has 1 amide bonds. The molecule has 4 rings (SSSR count). The molecule has 0 bridgehead atoms. The third-order valence-corrected chi connectivity index (χ3v) is 3.75. The van der Waals surface area contributed by atoms with E-state index < -0.39 is 0 Å². The third-order valence-electron chi connectivity index (χ3n) is 3.75. The number of amides is 1. The molecule has 0 aliphatic carbocycles. The Morgan fingerprint density at radius 3 is 2.65 bits per heavy atom. The molecular weight excluding hydrogens is 332 g/mol. The Labute approximate surface area is 148 Å². The average Bonchev–Trinajstić information content (AvgIpc) is 3.39. The summed E-state index contributed by atoms with van der Waals surface area (Å²) < 4.78 is 10.6. The van der Waals surface area contributed by atoms with Crippen LogP contribution in [0.1, 0.15) is 16.2 Å². The fourth-order valence-electron chi connectivity index (χ4n) is 2.49. The number of rotatable bonds is 5. The van der Waals surface area contributed by atoms with Gasteiger partial charge in [-0.3, -0.25) is 9.78 Å². The van der Waals surface area contributed by atoms with Gasteiger partial charge in [0.15, 0.2) is 17.2 Å². The van der Waals surface area contributed by atoms with E-state index in [0.717, 1.165) is 5.56 Å². The Morgan fingerprint density at radius 2 is 1.85 bits per heavy atom. The van der Waals surface area contributed by atoms with Crippen LogP contribution in [0.4, 0.5) is 0 Å². The zero-order chi connectivity index (χ0) is 17.8. The van der Waals surface area contributed by atoms with Crippen molar-refractivity contribution >= 4 is 5.91 Å². The van der Waals surface area contributed by atoms with Crippen LogP contribution >= 0.6 is 0 Å². The SMILES string of the molecule is O=C(NCc1nccnc1-c1ccco1)c1cc(-c2ccccc2)on1. The molecule has 0 saturated carbocycles.